The quantitative estimate of drug-likeness (QED) is 0.742. The summed E-state index contributed by atoms with van der Waals surface area (Å²) in [6, 6.07) is 11.2. The van der Waals surface area contributed by atoms with Crippen LogP contribution in [0.5, 0.6) is 0 Å². The molecule has 2 aromatic rings. The summed E-state index contributed by atoms with van der Waals surface area (Å²) < 4.78 is 10.2. The molecule has 0 aliphatic heterocycles. The summed E-state index contributed by atoms with van der Waals surface area (Å²) in [4.78, 5) is 24.1. The maximum Gasteiger partial charge on any atom is 0.339 e. The molecule has 120 valence electrons. The second kappa shape index (κ2) is 7.99. The van der Waals surface area contributed by atoms with E-state index < -0.39 is 11.9 Å². The summed E-state index contributed by atoms with van der Waals surface area (Å²) in [6.45, 7) is 1.90. The first kappa shape index (κ1) is 17.3. The van der Waals surface area contributed by atoms with Gasteiger partial charge in [0.2, 0.25) is 0 Å². The van der Waals surface area contributed by atoms with Crippen LogP contribution in [0.4, 0.5) is 0 Å². The molecule has 0 aromatic heterocycles. The van der Waals surface area contributed by atoms with Crippen molar-refractivity contribution in [2.45, 2.75) is 13.5 Å². The lowest BCUT2D eigenvalue weighted by Crippen LogP contribution is -2.14. The SMILES string of the molecule is CCOC(=O)c1ccccc1C(=O)OCc1ccc(Cl)cc1Cl. The van der Waals surface area contributed by atoms with Gasteiger partial charge in [0.15, 0.2) is 0 Å². The zero-order valence-electron chi connectivity index (χ0n) is 12.3. The Morgan fingerprint density at radius 1 is 0.957 bits per heavy atom. The van der Waals surface area contributed by atoms with Gasteiger partial charge in [0.25, 0.3) is 0 Å². The van der Waals surface area contributed by atoms with E-state index in [0.29, 0.717) is 15.6 Å². The van der Waals surface area contributed by atoms with Crippen LogP contribution < -0.4 is 0 Å². The van der Waals surface area contributed by atoms with Crippen molar-refractivity contribution in [2.75, 3.05) is 6.61 Å². The number of esters is 2. The van der Waals surface area contributed by atoms with Gasteiger partial charge >= 0.3 is 11.9 Å². The van der Waals surface area contributed by atoms with Crippen LogP contribution >= 0.6 is 23.2 Å². The molecule has 0 atom stereocenters. The van der Waals surface area contributed by atoms with Crippen molar-refractivity contribution in [1.29, 1.82) is 0 Å². The highest BCUT2D eigenvalue weighted by Crippen LogP contribution is 2.22. The second-order valence-corrected chi connectivity index (χ2v) is 5.42. The van der Waals surface area contributed by atoms with E-state index in [1.165, 1.54) is 12.1 Å². The van der Waals surface area contributed by atoms with Crippen molar-refractivity contribution in [3.63, 3.8) is 0 Å². The fraction of sp³-hybridized carbons (Fsp3) is 0.176. The molecule has 0 N–H and O–H groups in total. The third-order valence-corrected chi connectivity index (χ3v) is 3.60. The molecule has 0 aliphatic carbocycles. The lowest BCUT2D eigenvalue weighted by Gasteiger charge is -2.10. The molecule has 0 unspecified atom stereocenters. The van der Waals surface area contributed by atoms with E-state index >= 15 is 0 Å². The summed E-state index contributed by atoms with van der Waals surface area (Å²) in [7, 11) is 0. The third kappa shape index (κ3) is 4.47. The third-order valence-electron chi connectivity index (χ3n) is 3.02. The Hall–Kier alpha value is -2.04. The van der Waals surface area contributed by atoms with Gasteiger partial charge in [-0.3, -0.25) is 0 Å². The molecule has 0 saturated heterocycles. The monoisotopic (exact) mass is 352 g/mol. The normalized spacial score (nSPS) is 10.2. The summed E-state index contributed by atoms with van der Waals surface area (Å²) >= 11 is 11.8. The molecule has 23 heavy (non-hydrogen) atoms. The van der Waals surface area contributed by atoms with Crippen molar-refractivity contribution in [3.8, 4) is 0 Å². The molecular formula is C17H14Cl2O4. The van der Waals surface area contributed by atoms with Gasteiger partial charge in [-0.05, 0) is 31.2 Å². The Bertz CT molecular complexity index is 728. The Morgan fingerprint density at radius 3 is 2.13 bits per heavy atom. The van der Waals surface area contributed by atoms with Gasteiger partial charge in [-0.2, -0.15) is 0 Å². The van der Waals surface area contributed by atoms with Crippen LogP contribution in [0.3, 0.4) is 0 Å². The Morgan fingerprint density at radius 2 is 1.57 bits per heavy atom. The molecule has 0 bridgehead atoms. The molecule has 0 saturated carbocycles. The lowest BCUT2D eigenvalue weighted by atomic mass is 10.1. The van der Waals surface area contributed by atoms with E-state index in [2.05, 4.69) is 0 Å². The molecule has 0 fully saturated rings. The first-order chi connectivity index (χ1) is 11.0. The fourth-order valence-electron chi connectivity index (χ4n) is 1.91. The maximum absolute atomic E-state index is 12.2. The molecule has 2 rings (SSSR count). The Labute approximate surface area is 143 Å². The van der Waals surface area contributed by atoms with Crippen molar-refractivity contribution in [3.05, 3.63) is 69.2 Å². The van der Waals surface area contributed by atoms with Crippen LogP contribution in [-0.2, 0) is 16.1 Å². The smallest absolute Gasteiger partial charge is 0.339 e. The number of carbonyl (C=O) groups excluding carboxylic acids is 2. The zero-order chi connectivity index (χ0) is 16.8. The van der Waals surface area contributed by atoms with Crippen LogP contribution in [0.1, 0.15) is 33.2 Å². The number of benzene rings is 2. The number of rotatable bonds is 5. The Balaban J connectivity index is 2.13. The van der Waals surface area contributed by atoms with E-state index in [-0.39, 0.29) is 24.3 Å². The summed E-state index contributed by atoms with van der Waals surface area (Å²) in [5, 5.41) is 0.904. The van der Waals surface area contributed by atoms with Gasteiger partial charge in [0, 0.05) is 15.6 Å². The minimum absolute atomic E-state index is 0.0218. The first-order valence-electron chi connectivity index (χ1n) is 6.90. The first-order valence-corrected chi connectivity index (χ1v) is 7.65. The minimum atomic E-state index is -0.625. The van der Waals surface area contributed by atoms with Gasteiger partial charge in [0.1, 0.15) is 6.61 Å². The van der Waals surface area contributed by atoms with E-state index in [1.54, 1.807) is 37.3 Å². The van der Waals surface area contributed by atoms with Crippen LogP contribution in [0.2, 0.25) is 10.0 Å². The molecule has 4 nitrogen and oxygen atoms in total. The maximum atomic E-state index is 12.2. The van der Waals surface area contributed by atoms with Crippen LogP contribution in [0, 0.1) is 0 Å². The molecular weight excluding hydrogens is 339 g/mol. The fourth-order valence-corrected chi connectivity index (χ4v) is 2.37. The summed E-state index contributed by atoms with van der Waals surface area (Å²) in [5.74, 6) is -1.19. The number of carbonyl (C=O) groups is 2. The van der Waals surface area contributed by atoms with Crippen LogP contribution in [0.25, 0.3) is 0 Å². The number of hydrogen-bond acceptors (Lipinski definition) is 4. The minimum Gasteiger partial charge on any atom is -0.462 e. The number of hydrogen-bond donors (Lipinski definition) is 0. The molecule has 0 aliphatic rings. The molecule has 0 radical (unpaired) electrons. The van der Waals surface area contributed by atoms with Gasteiger partial charge < -0.3 is 9.47 Å². The number of halogens is 2. The standard InChI is InChI=1S/C17H14Cl2O4/c1-2-22-16(20)13-5-3-4-6-14(13)17(21)23-10-11-7-8-12(18)9-15(11)19/h3-9H,2,10H2,1H3. The average molecular weight is 353 g/mol. The predicted molar refractivity (Wildman–Crippen MR) is 88.0 cm³/mol. The molecule has 0 spiro atoms. The zero-order valence-corrected chi connectivity index (χ0v) is 13.9. The van der Waals surface area contributed by atoms with Crippen LogP contribution in [-0.4, -0.2) is 18.5 Å². The molecule has 6 heteroatoms. The van der Waals surface area contributed by atoms with Crippen molar-refractivity contribution in [2.24, 2.45) is 0 Å². The Kier molecular flexibility index (Phi) is 6.02. The van der Waals surface area contributed by atoms with E-state index in [4.69, 9.17) is 32.7 Å². The van der Waals surface area contributed by atoms with Gasteiger partial charge in [-0.25, -0.2) is 9.59 Å². The second-order valence-electron chi connectivity index (χ2n) is 4.58. The molecule has 0 amide bonds. The van der Waals surface area contributed by atoms with Crippen molar-refractivity contribution < 1.29 is 19.1 Å². The summed E-state index contributed by atoms with van der Waals surface area (Å²) in [6.07, 6.45) is 0. The van der Waals surface area contributed by atoms with Crippen molar-refractivity contribution >= 4 is 35.1 Å². The largest absolute Gasteiger partial charge is 0.462 e. The number of ether oxygens (including phenoxy) is 2. The molecule has 2 aromatic carbocycles. The topological polar surface area (TPSA) is 52.6 Å². The lowest BCUT2D eigenvalue weighted by molar-refractivity contribution is 0.0445. The average Bonchev–Trinajstić information content (AvgIpc) is 2.54. The highest BCUT2D eigenvalue weighted by Gasteiger charge is 2.19. The van der Waals surface area contributed by atoms with Crippen LogP contribution in [0.15, 0.2) is 42.5 Å². The highest BCUT2D eigenvalue weighted by molar-refractivity contribution is 6.35. The summed E-state index contributed by atoms with van der Waals surface area (Å²) in [5.41, 5.74) is 0.940. The van der Waals surface area contributed by atoms with Gasteiger partial charge in [-0.1, -0.05) is 41.4 Å². The predicted octanol–water partition coefficient (Wildman–Crippen LogP) is 4.53. The van der Waals surface area contributed by atoms with E-state index in [9.17, 15) is 9.59 Å². The van der Waals surface area contributed by atoms with E-state index in [0.717, 1.165) is 0 Å². The molecule has 0 heterocycles. The highest BCUT2D eigenvalue weighted by atomic mass is 35.5. The van der Waals surface area contributed by atoms with E-state index in [1.807, 2.05) is 0 Å². The van der Waals surface area contributed by atoms with Crippen molar-refractivity contribution in [1.82, 2.24) is 0 Å². The van der Waals surface area contributed by atoms with Gasteiger partial charge in [0.05, 0.1) is 17.7 Å². The van der Waals surface area contributed by atoms with Gasteiger partial charge in [-0.15, -0.1) is 0 Å².